The molecule has 2 N–H and O–H groups in total. The zero-order chi connectivity index (χ0) is 27.2. The van der Waals surface area contributed by atoms with Crippen molar-refractivity contribution in [3.63, 3.8) is 0 Å². The Kier molecular flexibility index (Phi) is 8.83. The highest BCUT2D eigenvalue weighted by molar-refractivity contribution is 5.74. The number of carbonyl (C=O) groups excluding carboxylic acids is 1. The molecule has 1 aliphatic heterocycles. The fourth-order valence-corrected chi connectivity index (χ4v) is 4.90. The average Bonchev–Trinajstić information content (AvgIpc) is 3.25. The minimum Gasteiger partial charge on any atom is -0.494 e. The fourth-order valence-electron chi connectivity index (χ4n) is 4.90. The minimum atomic E-state index is -0.287. The van der Waals surface area contributed by atoms with Crippen molar-refractivity contribution in [1.82, 2.24) is 25.3 Å². The second kappa shape index (κ2) is 12.3. The summed E-state index contributed by atoms with van der Waals surface area (Å²) in [6.07, 6.45) is 2.20. The third-order valence-corrected chi connectivity index (χ3v) is 6.97. The standard InChI is InChI=1S/C28H38N6O4/c1-17-15-22(11-13-34(17)28(35)36-6)30-26-18(2)25(24-19(3)33-38-20(24)4)31-27(32-26)21-9-7-10-23(16-21)37-14-8-12-29-5/h7,9-10,16-17,22,29H,8,11-15H2,1-6H3,(H,30,31,32). The van der Waals surface area contributed by atoms with Crippen LogP contribution in [0.3, 0.4) is 0 Å². The van der Waals surface area contributed by atoms with E-state index in [1.807, 2.05) is 59.0 Å². The summed E-state index contributed by atoms with van der Waals surface area (Å²) in [6, 6.07) is 8.06. The molecule has 2 atom stereocenters. The van der Waals surface area contributed by atoms with Gasteiger partial charge < -0.3 is 29.5 Å². The van der Waals surface area contributed by atoms with E-state index in [9.17, 15) is 4.79 Å². The second-order valence-electron chi connectivity index (χ2n) is 9.78. The van der Waals surface area contributed by atoms with Gasteiger partial charge in [-0.15, -0.1) is 0 Å². The van der Waals surface area contributed by atoms with Gasteiger partial charge in [-0.25, -0.2) is 14.8 Å². The molecule has 38 heavy (non-hydrogen) atoms. The topological polar surface area (TPSA) is 115 Å². The number of aromatic nitrogens is 3. The smallest absolute Gasteiger partial charge is 0.409 e. The molecule has 3 heterocycles. The Hall–Kier alpha value is -3.66. The maximum atomic E-state index is 12.1. The molecule has 3 aromatic rings. The van der Waals surface area contributed by atoms with Gasteiger partial charge in [-0.2, -0.15) is 0 Å². The normalized spacial score (nSPS) is 17.4. The van der Waals surface area contributed by atoms with Crippen LogP contribution in [0.25, 0.3) is 22.6 Å². The lowest BCUT2D eigenvalue weighted by molar-refractivity contribution is 0.0920. The Bertz CT molecular complexity index is 1240. The number of benzene rings is 1. The monoisotopic (exact) mass is 522 g/mol. The Labute approximate surface area is 224 Å². The first kappa shape index (κ1) is 27.4. The highest BCUT2D eigenvalue weighted by Gasteiger charge is 2.30. The van der Waals surface area contributed by atoms with E-state index in [4.69, 9.17) is 24.0 Å². The lowest BCUT2D eigenvalue weighted by Gasteiger charge is -2.37. The molecule has 1 fully saturated rings. The lowest BCUT2D eigenvalue weighted by atomic mass is 9.98. The zero-order valence-electron chi connectivity index (χ0n) is 23.1. The number of methoxy groups -OCH3 is 1. The van der Waals surface area contributed by atoms with Gasteiger partial charge in [0.15, 0.2) is 5.82 Å². The molecular weight excluding hydrogens is 484 g/mol. The number of hydrogen-bond acceptors (Lipinski definition) is 9. The maximum Gasteiger partial charge on any atom is 0.409 e. The average molecular weight is 523 g/mol. The number of carbonyl (C=O) groups is 1. The van der Waals surface area contributed by atoms with Gasteiger partial charge in [-0.05, 0) is 72.7 Å². The number of aryl methyl sites for hydroxylation is 2. The molecule has 2 unspecified atom stereocenters. The molecule has 0 spiro atoms. The van der Waals surface area contributed by atoms with E-state index in [-0.39, 0.29) is 18.2 Å². The largest absolute Gasteiger partial charge is 0.494 e. The highest BCUT2D eigenvalue weighted by Crippen LogP contribution is 2.34. The molecule has 0 saturated carbocycles. The van der Waals surface area contributed by atoms with Crippen molar-refractivity contribution in [2.45, 2.75) is 59.0 Å². The summed E-state index contributed by atoms with van der Waals surface area (Å²) in [6.45, 7) is 10.0. The molecule has 2 aromatic heterocycles. The number of rotatable bonds is 9. The first-order valence-corrected chi connectivity index (χ1v) is 13.1. The van der Waals surface area contributed by atoms with E-state index in [0.29, 0.717) is 24.7 Å². The molecule has 204 valence electrons. The van der Waals surface area contributed by atoms with Crippen LogP contribution in [0.4, 0.5) is 10.6 Å². The molecular formula is C28H38N6O4. The molecule has 0 aliphatic carbocycles. The van der Waals surface area contributed by atoms with Crippen molar-refractivity contribution >= 4 is 11.9 Å². The van der Waals surface area contributed by atoms with Gasteiger partial charge in [0.2, 0.25) is 0 Å². The van der Waals surface area contributed by atoms with Crippen LogP contribution in [0.1, 0.15) is 43.2 Å². The molecule has 0 bridgehead atoms. The van der Waals surface area contributed by atoms with Crippen LogP contribution >= 0.6 is 0 Å². The van der Waals surface area contributed by atoms with E-state index in [2.05, 4.69) is 15.8 Å². The number of hydrogen-bond donors (Lipinski definition) is 2. The highest BCUT2D eigenvalue weighted by atomic mass is 16.5. The molecule has 1 aromatic carbocycles. The predicted octanol–water partition coefficient (Wildman–Crippen LogP) is 4.74. The Balaban J connectivity index is 1.67. The van der Waals surface area contributed by atoms with E-state index in [1.54, 1.807) is 4.90 Å². The first-order chi connectivity index (χ1) is 18.3. The predicted molar refractivity (Wildman–Crippen MR) is 146 cm³/mol. The number of amides is 1. The van der Waals surface area contributed by atoms with E-state index in [0.717, 1.165) is 65.5 Å². The molecule has 10 nitrogen and oxygen atoms in total. The van der Waals surface area contributed by atoms with Crippen molar-refractivity contribution in [1.29, 1.82) is 0 Å². The zero-order valence-corrected chi connectivity index (χ0v) is 23.1. The summed E-state index contributed by atoms with van der Waals surface area (Å²) in [5.74, 6) is 2.84. The quantitative estimate of drug-likeness (QED) is 0.384. The SMILES string of the molecule is CNCCCOc1cccc(-c2nc(NC3CCN(C(=O)OC)C(C)C3)c(C)c(-c3c(C)noc3C)n2)c1. The van der Waals surface area contributed by atoms with Crippen molar-refractivity contribution in [3.8, 4) is 28.4 Å². The summed E-state index contributed by atoms with van der Waals surface area (Å²) in [5, 5.41) is 10.9. The van der Waals surface area contributed by atoms with Crippen molar-refractivity contribution in [2.24, 2.45) is 0 Å². The van der Waals surface area contributed by atoms with Crippen LogP contribution in [0.15, 0.2) is 28.8 Å². The summed E-state index contributed by atoms with van der Waals surface area (Å²) in [4.78, 5) is 23.8. The van der Waals surface area contributed by atoms with Crippen molar-refractivity contribution in [3.05, 3.63) is 41.3 Å². The summed E-state index contributed by atoms with van der Waals surface area (Å²) < 4.78 is 16.4. The summed E-state index contributed by atoms with van der Waals surface area (Å²) in [7, 11) is 3.35. The van der Waals surface area contributed by atoms with Gasteiger partial charge in [-0.1, -0.05) is 17.3 Å². The fraction of sp³-hybridized carbons (Fsp3) is 0.500. The summed E-state index contributed by atoms with van der Waals surface area (Å²) >= 11 is 0. The van der Waals surface area contributed by atoms with Gasteiger partial charge in [-0.3, -0.25) is 0 Å². The second-order valence-corrected chi connectivity index (χ2v) is 9.78. The third kappa shape index (κ3) is 6.07. The summed E-state index contributed by atoms with van der Waals surface area (Å²) in [5.41, 5.74) is 4.23. The minimum absolute atomic E-state index is 0.0501. The molecule has 4 rings (SSSR count). The Morgan fingerprint density at radius 1 is 1.24 bits per heavy atom. The maximum absolute atomic E-state index is 12.1. The number of ether oxygens (including phenoxy) is 2. The molecule has 10 heteroatoms. The van der Waals surface area contributed by atoms with E-state index in [1.165, 1.54) is 7.11 Å². The van der Waals surface area contributed by atoms with Gasteiger partial charge in [0, 0.05) is 29.8 Å². The Morgan fingerprint density at radius 3 is 2.74 bits per heavy atom. The third-order valence-electron chi connectivity index (χ3n) is 6.97. The number of likely N-dealkylation sites (tertiary alicyclic amines) is 1. The first-order valence-electron chi connectivity index (χ1n) is 13.1. The van der Waals surface area contributed by atoms with Crippen LogP contribution in [0.5, 0.6) is 5.75 Å². The molecule has 1 amide bonds. The van der Waals surface area contributed by atoms with Gasteiger partial charge >= 0.3 is 6.09 Å². The van der Waals surface area contributed by atoms with Crippen LogP contribution in [0, 0.1) is 20.8 Å². The van der Waals surface area contributed by atoms with E-state index >= 15 is 0 Å². The van der Waals surface area contributed by atoms with Crippen LogP contribution in [0.2, 0.25) is 0 Å². The van der Waals surface area contributed by atoms with Crippen LogP contribution < -0.4 is 15.4 Å². The Morgan fingerprint density at radius 2 is 2.05 bits per heavy atom. The van der Waals surface area contributed by atoms with Crippen LogP contribution in [-0.4, -0.2) is 72.1 Å². The van der Waals surface area contributed by atoms with Gasteiger partial charge in [0.05, 0.1) is 30.7 Å². The number of nitrogens with zero attached hydrogens (tertiary/aromatic N) is 4. The van der Waals surface area contributed by atoms with Crippen molar-refractivity contribution in [2.75, 3.05) is 39.2 Å². The van der Waals surface area contributed by atoms with Crippen molar-refractivity contribution < 1.29 is 18.8 Å². The number of nitrogens with one attached hydrogen (secondary N) is 2. The van der Waals surface area contributed by atoms with Gasteiger partial charge in [0.25, 0.3) is 0 Å². The molecule has 1 saturated heterocycles. The number of piperidine rings is 1. The van der Waals surface area contributed by atoms with Crippen LogP contribution in [-0.2, 0) is 4.74 Å². The molecule has 1 aliphatic rings. The number of anilines is 1. The van der Waals surface area contributed by atoms with E-state index < -0.39 is 0 Å². The molecule has 0 radical (unpaired) electrons. The lowest BCUT2D eigenvalue weighted by Crippen LogP contribution is -2.48. The van der Waals surface area contributed by atoms with Gasteiger partial charge in [0.1, 0.15) is 17.3 Å².